The molecule has 7 nitrogen and oxygen atoms in total. The van der Waals surface area contributed by atoms with Gasteiger partial charge in [0.25, 0.3) is 5.91 Å². The van der Waals surface area contributed by atoms with E-state index in [1.165, 1.54) is 25.5 Å². The van der Waals surface area contributed by atoms with Crippen LogP contribution in [0.2, 0.25) is 0 Å². The number of hydrogen-bond donors (Lipinski definition) is 0. The van der Waals surface area contributed by atoms with Gasteiger partial charge in [0.1, 0.15) is 0 Å². The van der Waals surface area contributed by atoms with E-state index in [0.29, 0.717) is 24.6 Å². The van der Waals surface area contributed by atoms with E-state index in [4.69, 9.17) is 0 Å². The van der Waals surface area contributed by atoms with Crippen LogP contribution in [0, 0.1) is 5.92 Å². The Kier molecular flexibility index (Phi) is 5.66. The van der Waals surface area contributed by atoms with Crippen LogP contribution in [-0.4, -0.2) is 82.0 Å². The standard InChI is InChI=1S/C20H29N5O2/c26-19(17-6-8-21-22-14-17)24-11-7-18(15-24)25(20(27)16-4-5-16)13-12-23-9-2-1-3-10-23/h6,8,14,16,18H,1-5,7,9-13,15H2. The first-order valence-corrected chi connectivity index (χ1v) is 10.3. The molecule has 1 saturated carbocycles. The maximum absolute atomic E-state index is 12.9. The van der Waals surface area contributed by atoms with E-state index < -0.39 is 0 Å². The minimum absolute atomic E-state index is 0.0118. The van der Waals surface area contributed by atoms with Gasteiger partial charge in [0.2, 0.25) is 5.91 Å². The Morgan fingerprint density at radius 3 is 2.59 bits per heavy atom. The lowest BCUT2D eigenvalue weighted by molar-refractivity contribution is -0.135. The number of carbonyl (C=O) groups excluding carboxylic acids is 2. The van der Waals surface area contributed by atoms with E-state index in [9.17, 15) is 9.59 Å². The minimum atomic E-state index is -0.0118. The smallest absolute Gasteiger partial charge is 0.255 e. The van der Waals surface area contributed by atoms with Gasteiger partial charge in [0, 0.05) is 32.1 Å². The Balaban J connectivity index is 1.38. The zero-order chi connectivity index (χ0) is 18.6. The monoisotopic (exact) mass is 371 g/mol. The van der Waals surface area contributed by atoms with Crippen molar-refractivity contribution in [3.63, 3.8) is 0 Å². The Hall–Kier alpha value is -2.02. The Morgan fingerprint density at radius 1 is 1.07 bits per heavy atom. The predicted molar refractivity (Wildman–Crippen MR) is 101 cm³/mol. The highest BCUT2D eigenvalue weighted by Crippen LogP contribution is 2.33. The molecule has 1 unspecified atom stereocenters. The highest BCUT2D eigenvalue weighted by Gasteiger charge is 2.39. The molecule has 1 atom stereocenters. The SMILES string of the molecule is O=C(c1ccnnc1)N1CCC(N(CCN2CCCCC2)C(=O)C2CC2)C1. The fraction of sp³-hybridized carbons (Fsp3) is 0.700. The van der Waals surface area contributed by atoms with Crippen LogP contribution in [0.25, 0.3) is 0 Å². The fourth-order valence-electron chi connectivity index (χ4n) is 4.25. The zero-order valence-corrected chi connectivity index (χ0v) is 15.9. The number of amides is 2. The Labute approximate surface area is 160 Å². The minimum Gasteiger partial charge on any atom is -0.336 e. The molecular weight excluding hydrogens is 342 g/mol. The molecule has 0 aromatic carbocycles. The summed E-state index contributed by atoms with van der Waals surface area (Å²) in [5, 5.41) is 7.54. The second kappa shape index (κ2) is 8.33. The quantitative estimate of drug-likeness (QED) is 0.756. The Bertz CT molecular complexity index is 658. The molecule has 7 heteroatoms. The van der Waals surface area contributed by atoms with Crippen molar-refractivity contribution >= 4 is 11.8 Å². The molecule has 3 heterocycles. The molecule has 2 saturated heterocycles. The van der Waals surface area contributed by atoms with Gasteiger partial charge in [-0.25, -0.2) is 0 Å². The third-order valence-corrected chi connectivity index (χ3v) is 6.04. The van der Waals surface area contributed by atoms with Crippen molar-refractivity contribution < 1.29 is 9.59 Å². The lowest BCUT2D eigenvalue weighted by Gasteiger charge is -2.33. The molecule has 2 aliphatic heterocycles. The number of nitrogens with zero attached hydrogens (tertiary/aromatic N) is 5. The van der Waals surface area contributed by atoms with Crippen LogP contribution in [0.5, 0.6) is 0 Å². The summed E-state index contributed by atoms with van der Waals surface area (Å²) in [6.07, 6.45) is 9.83. The molecule has 0 bridgehead atoms. The van der Waals surface area contributed by atoms with Gasteiger partial charge < -0.3 is 14.7 Å². The van der Waals surface area contributed by atoms with E-state index in [0.717, 1.165) is 45.4 Å². The van der Waals surface area contributed by atoms with E-state index in [-0.39, 0.29) is 17.9 Å². The fourth-order valence-corrected chi connectivity index (χ4v) is 4.25. The number of carbonyl (C=O) groups is 2. The summed E-state index contributed by atoms with van der Waals surface area (Å²) in [4.78, 5) is 32.0. The van der Waals surface area contributed by atoms with Crippen LogP contribution >= 0.6 is 0 Å². The van der Waals surface area contributed by atoms with Gasteiger partial charge in [-0.05, 0) is 51.3 Å². The summed E-state index contributed by atoms with van der Waals surface area (Å²) in [5.41, 5.74) is 0.569. The lowest BCUT2D eigenvalue weighted by Crippen LogP contribution is -2.47. The third-order valence-electron chi connectivity index (χ3n) is 6.04. The Morgan fingerprint density at radius 2 is 1.89 bits per heavy atom. The second-order valence-electron chi connectivity index (χ2n) is 8.03. The lowest BCUT2D eigenvalue weighted by atomic mass is 10.1. The molecular formula is C20H29N5O2. The van der Waals surface area contributed by atoms with Gasteiger partial charge in [-0.1, -0.05) is 6.42 Å². The molecule has 0 N–H and O–H groups in total. The van der Waals surface area contributed by atoms with Crippen LogP contribution in [0.3, 0.4) is 0 Å². The average Bonchev–Trinajstić information content (AvgIpc) is 3.47. The summed E-state index contributed by atoms with van der Waals surface area (Å²) in [6.45, 7) is 5.37. The third kappa shape index (κ3) is 4.46. The predicted octanol–water partition coefficient (Wildman–Crippen LogP) is 1.42. The molecule has 3 fully saturated rings. The summed E-state index contributed by atoms with van der Waals surface area (Å²) < 4.78 is 0. The number of likely N-dealkylation sites (tertiary alicyclic amines) is 2. The molecule has 27 heavy (non-hydrogen) atoms. The van der Waals surface area contributed by atoms with E-state index in [1.54, 1.807) is 12.3 Å². The topological polar surface area (TPSA) is 69.6 Å². The molecule has 0 spiro atoms. The van der Waals surface area contributed by atoms with Crippen LogP contribution in [0.1, 0.15) is 48.9 Å². The normalized spacial score (nSPS) is 23.4. The van der Waals surface area contributed by atoms with Gasteiger partial charge in [-0.2, -0.15) is 10.2 Å². The van der Waals surface area contributed by atoms with Crippen molar-refractivity contribution in [1.29, 1.82) is 0 Å². The van der Waals surface area contributed by atoms with E-state index in [1.807, 2.05) is 4.90 Å². The van der Waals surface area contributed by atoms with Gasteiger partial charge >= 0.3 is 0 Å². The molecule has 3 aliphatic rings. The van der Waals surface area contributed by atoms with Crippen LogP contribution < -0.4 is 0 Å². The molecule has 2 amide bonds. The van der Waals surface area contributed by atoms with Crippen LogP contribution in [-0.2, 0) is 4.79 Å². The molecule has 4 rings (SSSR count). The maximum atomic E-state index is 12.9. The molecule has 0 radical (unpaired) electrons. The summed E-state index contributed by atoms with van der Waals surface area (Å²) in [5.74, 6) is 0.514. The largest absolute Gasteiger partial charge is 0.336 e. The van der Waals surface area contributed by atoms with E-state index >= 15 is 0 Å². The van der Waals surface area contributed by atoms with Crippen molar-refractivity contribution in [2.24, 2.45) is 5.92 Å². The summed E-state index contributed by atoms with van der Waals surface area (Å²) in [7, 11) is 0. The first kappa shape index (κ1) is 18.3. The zero-order valence-electron chi connectivity index (χ0n) is 15.9. The van der Waals surface area contributed by atoms with Gasteiger partial charge in [-0.3, -0.25) is 9.59 Å². The second-order valence-corrected chi connectivity index (χ2v) is 8.03. The molecule has 1 aromatic heterocycles. The van der Waals surface area contributed by atoms with E-state index in [2.05, 4.69) is 20.0 Å². The van der Waals surface area contributed by atoms with Crippen molar-refractivity contribution in [1.82, 2.24) is 24.9 Å². The molecule has 1 aliphatic carbocycles. The van der Waals surface area contributed by atoms with Crippen molar-refractivity contribution in [3.05, 3.63) is 24.0 Å². The van der Waals surface area contributed by atoms with Gasteiger partial charge in [0.15, 0.2) is 0 Å². The molecule has 146 valence electrons. The highest BCUT2D eigenvalue weighted by atomic mass is 16.2. The van der Waals surface area contributed by atoms with Gasteiger partial charge in [0.05, 0.1) is 24.0 Å². The summed E-state index contributed by atoms with van der Waals surface area (Å²) >= 11 is 0. The average molecular weight is 371 g/mol. The number of piperidine rings is 1. The van der Waals surface area contributed by atoms with Crippen molar-refractivity contribution in [3.8, 4) is 0 Å². The van der Waals surface area contributed by atoms with Crippen molar-refractivity contribution in [2.75, 3.05) is 39.3 Å². The maximum Gasteiger partial charge on any atom is 0.255 e. The number of aromatic nitrogens is 2. The first-order valence-electron chi connectivity index (χ1n) is 10.3. The van der Waals surface area contributed by atoms with Crippen LogP contribution in [0.15, 0.2) is 18.5 Å². The van der Waals surface area contributed by atoms with Gasteiger partial charge in [-0.15, -0.1) is 0 Å². The number of hydrogen-bond acceptors (Lipinski definition) is 5. The summed E-state index contributed by atoms with van der Waals surface area (Å²) in [6, 6.07) is 1.84. The van der Waals surface area contributed by atoms with Crippen molar-refractivity contribution in [2.45, 2.75) is 44.6 Å². The van der Waals surface area contributed by atoms with Crippen LogP contribution in [0.4, 0.5) is 0 Å². The number of rotatable bonds is 6. The molecule has 1 aromatic rings. The first-order chi connectivity index (χ1) is 13.2. The highest BCUT2D eigenvalue weighted by molar-refractivity contribution is 5.94.